The van der Waals surface area contributed by atoms with Crippen LogP contribution in [0.25, 0.3) is 10.2 Å². The lowest BCUT2D eigenvalue weighted by Crippen LogP contribution is -2.36. The van der Waals surface area contributed by atoms with Crippen molar-refractivity contribution in [2.45, 2.75) is 0 Å². The van der Waals surface area contributed by atoms with Gasteiger partial charge in [0.25, 0.3) is 5.91 Å². The number of hydrogen-bond acceptors (Lipinski definition) is 4. The van der Waals surface area contributed by atoms with Crippen LogP contribution >= 0.6 is 46.9 Å². The number of anilines is 1. The molecule has 1 aromatic heterocycles. The molecule has 0 unspecified atom stereocenters. The zero-order chi connectivity index (χ0) is 18.0. The van der Waals surface area contributed by atoms with Crippen LogP contribution in [-0.2, 0) is 0 Å². The molecular weight excluding hydrogens is 413 g/mol. The van der Waals surface area contributed by atoms with Crippen LogP contribution in [0.15, 0.2) is 42.5 Å². The maximum Gasteiger partial charge on any atom is 0.260 e. The van der Waals surface area contributed by atoms with E-state index in [1.807, 2.05) is 31.1 Å². The Morgan fingerprint density at radius 2 is 1.85 bits per heavy atom. The third-order valence-electron chi connectivity index (χ3n) is 3.68. The number of halogens is 3. The zero-order valence-electron chi connectivity index (χ0n) is 14.3. The van der Waals surface area contributed by atoms with Gasteiger partial charge < -0.3 is 4.90 Å². The normalized spacial score (nSPS) is 10.8. The number of carbonyl (C=O) groups is 1. The summed E-state index contributed by atoms with van der Waals surface area (Å²) < 4.78 is 0.955. The third-order valence-corrected chi connectivity index (χ3v) is 5.26. The summed E-state index contributed by atoms with van der Waals surface area (Å²) in [4.78, 5) is 21.4. The number of nitrogens with zero attached hydrogens (tertiary/aromatic N) is 3. The molecule has 3 rings (SSSR count). The molecule has 0 radical (unpaired) electrons. The Labute approximate surface area is 172 Å². The number of likely N-dealkylation sites (N-methyl/N-ethyl adjacent to an activating group) is 1. The summed E-state index contributed by atoms with van der Waals surface area (Å²) in [5, 5.41) is 1.75. The van der Waals surface area contributed by atoms with E-state index in [1.54, 1.807) is 35.2 Å². The van der Waals surface area contributed by atoms with Gasteiger partial charge in [-0.25, -0.2) is 4.98 Å². The van der Waals surface area contributed by atoms with E-state index in [4.69, 9.17) is 23.2 Å². The topological polar surface area (TPSA) is 36.4 Å². The maximum atomic E-state index is 13.1. The second kappa shape index (κ2) is 9.02. The lowest BCUT2D eigenvalue weighted by molar-refractivity contribution is 0.0985. The summed E-state index contributed by atoms with van der Waals surface area (Å²) in [5.74, 6) is -0.125. The fourth-order valence-electron chi connectivity index (χ4n) is 2.38. The van der Waals surface area contributed by atoms with Gasteiger partial charge in [0.1, 0.15) is 5.52 Å². The van der Waals surface area contributed by atoms with Crippen molar-refractivity contribution >= 4 is 68.2 Å². The molecule has 0 bridgehead atoms. The molecule has 26 heavy (non-hydrogen) atoms. The minimum Gasteiger partial charge on any atom is -0.308 e. The van der Waals surface area contributed by atoms with Gasteiger partial charge in [-0.2, -0.15) is 0 Å². The van der Waals surface area contributed by atoms with Gasteiger partial charge in [0.2, 0.25) is 0 Å². The van der Waals surface area contributed by atoms with Gasteiger partial charge in [0.15, 0.2) is 5.13 Å². The molecule has 0 atom stereocenters. The van der Waals surface area contributed by atoms with Crippen LogP contribution in [0.4, 0.5) is 5.13 Å². The Morgan fingerprint density at radius 1 is 1.12 bits per heavy atom. The van der Waals surface area contributed by atoms with Crippen LogP contribution in [-0.4, -0.2) is 43.0 Å². The average molecular weight is 431 g/mol. The van der Waals surface area contributed by atoms with Crippen molar-refractivity contribution < 1.29 is 4.79 Å². The highest BCUT2D eigenvalue weighted by Gasteiger charge is 2.22. The minimum absolute atomic E-state index is 0. The Kier molecular flexibility index (Phi) is 7.26. The molecule has 0 saturated heterocycles. The highest BCUT2D eigenvalue weighted by molar-refractivity contribution is 7.22. The number of benzene rings is 2. The standard InChI is InChI=1S/C18H17Cl2N3OS.ClH/c1-22(2)9-10-23(17(24)12-5-3-6-13(19)11-12)18-21-16-14(20)7-4-8-15(16)25-18;/h3-8,11H,9-10H2,1-2H3;1H. The SMILES string of the molecule is CN(C)CCN(C(=O)c1cccc(Cl)c1)c1nc2c(Cl)cccc2s1.Cl. The van der Waals surface area contributed by atoms with Gasteiger partial charge in [-0.15, -0.1) is 12.4 Å². The molecule has 0 saturated carbocycles. The van der Waals surface area contributed by atoms with E-state index in [1.165, 1.54) is 11.3 Å². The first kappa shape index (κ1) is 20.9. The molecular formula is C18H18Cl3N3OS. The molecule has 8 heteroatoms. The number of hydrogen-bond donors (Lipinski definition) is 0. The number of aromatic nitrogens is 1. The summed E-state index contributed by atoms with van der Waals surface area (Å²) in [6, 6.07) is 12.6. The van der Waals surface area contributed by atoms with Crippen LogP contribution < -0.4 is 4.90 Å². The second-order valence-electron chi connectivity index (χ2n) is 5.85. The van der Waals surface area contributed by atoms with E-state index in [2.05, 4.69) is 4.98 Å². The van der Waals surface area contributed by atoms with Crippen molar-refractivity contribution in [3.05, 3.63) is 58.1 Å². The number of carbonyl (C=O) groups excluding carboxylic acids is 1. The fourth-order valence-corrected chi connectivity index (χ4v) is 3.86. The van der Waals surface area contributed by atoms with Crippen LogP contribution in [0.5, 0.6) is 0 Å². The zero-order valence-corrected chi connectivity index (χ0v) is 17.4. The first-order chi connectivity index (χ1) is 12.0. The quantitative estimate of drug-likeness (QED) is 0.556. The summed E-state index contributed by atoms with van der Waals surface area (Å²) in [5.41, 5.74) is 1.26. The number of amides is 1. The summed E-state index contributed by atoms with van der Waals surface area (Å²) in [6.07, 6.45) is 0. The van der Waals surface area contributed by atoms with Crippen molar-refractivity contribution in [1.82, 2.24) is 9.88 Å². The smallest absolute Gasteiger partial charge is 0.260 e. The Bertz CT molecular complexity index is 914. The van der Waals surface area contributed by atoms with Gasteiger partial charge in [0.05, 0.1) is 9.72 Å². The Morgan fingerprint density at radius 3 is 2.50 bits per heavy atom. The van der Waals surface area contributed by atoms with Gasteiger partial charge in [-0.3, -0.25) is 9.69 Å². The molecule has 0 N–H and O–H groups in total. The monoisotopic (exact) mass is 429 g/mol. The highest BCUT2D eigenvalue weighted by Crippen LogP contribution is 2.33. The first-order valence-corrected chi connectivity index (χ1v) is 9.30. The lowest BCUT2D eigenvalue weighted by Gasteiger charge is -2.22. The van der Waals surface area contributed by atoms with Crippen molar-refractivity contribution in [2.75, 3.05) is 32.1 Å². The van der Waals surface area contributed by atoms with Gasteiger partial charge in [-0.05, 0) is 44.4 Å². The Hall–Kier alpha value is -1.37. The van der Waals surface area contributed by atoms with Gasteiger partial charge in [-0.1, -0.05) is 46.7 Å². The molecule has 1 amide bonds. The van der Waals surface area contributed by atoms with Gasteiger partial charge >= 0.3 is 0 Å². The van der Waals surface area contributed by atoms with Crippen molar-refractivity contribution in [3.8, 4) is 0 Å². The van der Waals surface area contributed by atoms with Crippen LogP contribution in [0.2, 0.25) is 10.0 Å². The van der Waals surface area contributed by atoms with Crippen LogP contribution in [0, 0.1) is 0 Å². The maximum absolute atomic E-state index is 13.1. The molecule has 0 aliphatic rings. The number of rotatable bonds is 5. The molecule has 4 nitrogen and oxygen atoms in total. The molecule has 0 spiro atoms. The van der Waals surface area contributed by atoms with E-state index in [0.717, 1.165) is 16.8 Å². The van der Waals surface area contributed by atoms with Crippen molar-refractivity contribution in [3.63, 3.8) is 0 Å². The lowest BCUT2D eigenvalue weighted by atomic mass is 10.2. The highest BCUT2D eigenvalue weighted by atomic mass is 35.5. The van der Waals surface area contributed by atoms with Crippen molar-refractivity contribution in [1.29, 1.82) is 0 Å². The van der Waals surface area contributed by atoms with E-state index in [9.17, 15) is 4.79 Å². The van der Waals surface area contributed by atoms with Gasteiger partial charge in [0, 0.05) is 23.7 Å². The van der Waals surface area contributed by atoms with E-state index in [0.29, 0.717) is 27.3 Å². The summed E-state index contributed by atoms with van der Waals surface area (Å²) in [7, 11) is 3.94. The molecule has 1 heterocycles. The molecule has 0 aliphatic heterocycles. The second-order valence-corrected chi connectivity index (χ2v) is 7.71. The van der Waals surface area contributed by atoms with Crippen molar-refractivity contribution in [2.24, 2.45) is 0 Å². The van der Waals surface area contributed by atoms with Crippen LogP contribution in [0.1, 0.15) is 10.4 Å². The number of thiazole rings is 1. The largest absolute Gasteiger partial charge is 0.308 e. The fraction of sp³-hybridized carbons (Fsp3) is 0.222. The summed E-state index contributed by atoms with van der Waals surface area (Å²) in [6.45, 7) is 1.24. The van der Waals surface area contributed by atoms with Crippen LogP contribution in [0.3, 0.4) is 0 Å². The van der Waals surface area contributed by atoms with E-state index < -0.39 is 0 Å². The molecule has 138 valence electrons. The average Bonchev–Trinajstić information content (AvgIpc) is 3.00. The molecule has 2 aromatic carbocycles. The predicted molar refractivity (Wildman–Crippen MR) is 114 cm³/mol. The molecule has 3 aromatic rings. The third kappa shape index (κ3) is 4.67. The molecule has 0 aliphatic carbocycles. The first-order valence-electron chi connectivity index (χ1n) is 7.73. The number of para-hydroxylation sites is 1. The Balaban J connectivity index is 0.00000243. The summed E-state index contributed by atoms with van der Waals surface area (Å²) >= 11 is 13.7. The van der Waals surface area contributed by atoms with E-state index >= 15 is 0 Å². The number of fused-ring (bicyclic) bond motifs is 1. The van der Waals surface area contributed by atoms with E-state index in [-0.39, 0.29) is 18.3 Å². The molecule has 0 fully saturated rings. The minimum atomic E-state index is -0.125. The predicted octanol–water partition coefficient (Wildman–Crippen LogP) is 5.23.